The zero-order valence-corrected chi connectivity index (χ0v) is 11.0. The van der Waals surface area contributed by atoms with Gasteiger partial charge in [0.15, 0.2) is 0 Å². The van der Waals surface area contributed by atoms with E-state index >= 15 is 0 Å². The molecule has 0 atom stereocenters. The fourth-order valence-electron chi connectivity index (χ4n) is 1.87. The molecule has 0 spiro atoms. The van der Waals surface area contributed by atoms with Crippen molar-refractivity contribution in [1.29, 1.82) is 0 Å². The average molecular weight is 220 g/mol. The van der Waals surface area contributed by atoms with Crippen LogP contribution in [0.5, 0.6) is 0 Å². The molecule has 0 saturated carbocycles. The van der Waals surface area contributed by atoms with Crippen molar-refractivity contribution >= 4 is 5.69 Å². The van der Waals surface area contributed by atoms with Crippen LogP contribution >= 0.6 is 0 Å². The maximum absolute atomic E-state index is 5.92. The van der Waals surface area contributed by atoms with Gasteiger partial charge < -0.3 is 5.73 Å². The predicted molar refractivity (Wildman–Crippen MR) is 71.4 cm³/mol. The van der Waals surface area contributed by atoms with E-state index < -0.39 is 0 Å². The minimum absolute atomic E-state index is 0.711. The minimum atomic E-state index is 0.711. The van der Waals surface area contributed by atoms with Crippen molar-refractivity contribution in [2.45, 2.75) is 34.2 Å². The van der Waals surface area contributed by atoms with Crippen LogP contribution in [0, 0.1) is 12.8 Å². The van der Waals surface area contributed by atoms with E-state index in [0.717, 1.165) is 30.9 Å². The monoisotopic (exact) mass is 220 g/mol. The van der Waals surface area contributed by atoms with Gasteiger partial charge in [-0.2, -0.15) is 0 Å². The molecule has 0 aliphatic heterocycles. The summed E-state index contributed by atoms with van der Waals surface area (Å²) in [4.78, 5) is 2.45. The molecule has 1 aromatic carbocycles. The predicted octanol–water partition coefficient (Wildman–Crippen LogP) is 3.06. The molecule has 0 radical (unpaired) electrons. The Kier molecular flexibility index (Phi) is 4.81. The van der Waals surface area contributed by atoms with Gasteiger partial charge in [0.25, 0.3) is 0 Å². The average Bonchev–Trinajstić information content (AvgIpc) is 2.22. The Hall–Kier alpha value is -1.02. The third-order valence-corrected chi connectivity index (χ3v) is 2.82. The Balaban J connectivity index is 2.66. The van der Waals surface area contributed by atoms with Gasteiger partial charge in [-0.1, -0.05) is 32.9 Å². The van der Waals surface area contributed by atoms with E-state index in [1.807, 2.05) is 6.92 Å². The lowest BCUT2D eigenvalue weighted by Gasteiger charge is -2.22. The largest absolute Gasteiger partial charge is 0.399 e. The Labute approximate surface area is 99.5 Å². The fourth-order valence-corrected chi connectivity index (χ4v) is 1.87. The first-order valence-electron chi connectivity index (χ1n) is 6.10. The molecule has 2 nitrogen and oxygen atoms in total. The first-order chi connectivity index (χ1) is 7.52. The molecule has 1 aromatic rings. The number of anilines is 1. The smallest absolute Gasteiger partial charge is 0.0346 e. The SMILES string of the molecule is CCN(Cc1ccc(C)c(N)c1)CC(C)C. The van der Waals surface area contributed by atoms with Gasteiger partial charge in [0.05, 0.1) is 0 Å². The summed E-state index contributed by atoms with van der Waals surface area (Å²) in [6, 6.07) is 6.38. The van der Waals surface area contributed by atoms with Crippen molar-refractivity contribution < 1.29 is 0 Å². The summed E-state index contributed by atoms with van der Waals surface area (Å²) in [6.07, 6.45) is 0. The molecule has 2 heteroatoms. The molecule has 90 valence electrons. The fraction of sp³-hybridized carbons (Fsp3) is 0.571. The van der Waals surface area contributed by atoms with Gasteiger partial charge in [-0.25, -0.2) is 0 Å². The molecule has 0 unspecified atom stereocenters. The van der Waals surface area contributed by atoms with E-state index in [-0.39, 0.29) is 0 Å². The molecular weight excluding hydrogens is 196 g/mol. The number of benzene rings is 1. The number of hydrogen-bond acceptors (Lipinski definition) is 2. The zero-order valence-electron chi connectivity index (χ0n) is 11.0. The number of nitrogen functional groups attached to an aromatic ring is 1. The van der Waals surface area contributed by atoms with Crippen molar-refractivity contribution in [3.8, 4) is 0 Å². The standard InChI is InChI=1S/C14H24N2/c1-5-16(9-11(2)3)10-13-7-6-12(4)14(15)8-13/h6-8,11H,5,9-10,15H2,1-4H3. The first kappa shape index (κ1) is 13.0. The zero-order chi connectivity index (χ0) is 12.1. The van der Waals surface area contributed by atoms with Crippen LogP contribution in [0.3, 0.4) is 0 Å². The molecule has 0 amide bonds. The minimum Gasteiger partial charge on any atom is -0.399 e. The summed E-state index contributed by atoms with van der Waals surface area (Å²) >= 11 is 0. The van der Waals surface area contributed by atoms with Gasteiger partial charge in [0, 0.05) is 18.8 Å². The molecule has 0 aliphatic rings. The van der Waals surface area contributed by atoms with Crippen LogP contribution in [0.4, 0.5) is 5.69 Å². The van der Waals surface area contributed by atoms with Crippen LogP contribution in [-0.4, -0.2) is 18.0 Å². The molecule has 0 aromatic heterocycles. The van der Waals surface area contributed by atoms with Gasteiger partial charge >= 0.3 is 0 Å². The van der Waals surface area contributed by atoms with Crippen LogP contribution in [0.25, 0.3) is 0 Å². The number of hydrogen-bond donors (Lipinski definition) is 1. The second-order valence-electron chi connectivity index (χ2n) is 4.91. The van der Waals surface area contributed by atoms with Gasteiger partial charge in [-0.05, 0) is 36.6 Å². The van der Waals surface area contributed by atoms with Gasteiger partial charge in [-0.15, -0.1) is 0 Å². The highest BCUT2D eigenvalue weighted by Gasteiger charge is 2.06. The Morgan fingerprint density at radius 3 is 2.50 bits per heavy atom. The molecule has 0 fully saturated rings. The van der Waals surface area contributed by atoms with Gasteiger partial charge in [0.2, 0.25) is 0 Å². The number of nitrogens with zero attached hydrogens (tertiary/aromatic N) is 1. The normalized spacial score (nSPS) is 11.4. The van der Waals surface area contributed by atoms with Gasteiger partial charge in [-0.3, -0.25) is 4.90 Å². The summed E-state index contributed by atoms with van der Waals surface area (Å²) in [5.74, 6) is 0.711. The van der Waals surface area contributed by atoms with Crippen molar-refractivity contribution in [3.05, 3.63) is 29.3 Å². The molecule has 16 heavy (non-hydrogen) atoms. The number of aryl methyl sites for hydroxylation is 1. The van der Waals surface area contributed by atoms with E-state index in [1.54, 1.807) is 0 Å². The number of rotatable bonds is 5. The van der Waals surface area contributed by atoms with E-state index in [0.29, 0.717) is 5.92 Å². The second-order valence-corrected chi connectivity index (χ2v) is 4.91. The molecule has 2 N–H and O–H groups in total. The van der Waals surface area contributed by atoms with Gasteiger partial charge in [0.1, 0.15) is 0 Å². The van der Waals surface area contributed by atoms with E-state index in [1.165, 1.54) is 5.56 Å². The van der Waals surface area contributed by atoms with E-state index in [4.69, 9.17) is 5.73 Å². The first-order valence-corrected chi connectivity index (χ1v) is 6.10. The summed E-state index contributed by atoms with van der Waals surface area (Å²) < 4.78 is 0. The van der Waals surface area contributed by atoms with Crippen LogP contribution in [0.15, 0.2) is 18.2 Å². The van der Waals surface area contributed by atoms with Crippen molar-refractivity contribution in [2.75, 3.05) is 18.8 Å². The highest BCUT2D eigenvalue weighted by molar-refractivity contribution is 5.48. The lowest BCUT2D eigenvalue weighted by molar-refractivity contribution is 0.248. The quantitative estimate of drug-likeness (QED) is 0.773. The Morgan fingerprint density at radius 1 is 1.31 bits per heavy atom. The molecule has 0 aliphatic carbocycles. The van der Waals surface area contributed by atoms with Crippen molar-refractivity contribution in [2.24, 2.45) is 5.92 Å². The molecule has 0 heterocycles. The summed E-state index contributed by atoms with van der Waals surface area (Å²) in [7, 11) is 0. The maximum atomic E-state index is 5.92. The van der Waals surface area contributed by atoms with Crippen LogP contribution in [0.1, 0.15) is 31.9 Å². The van der Waals surface area contributed by atoms with Crippen molar-refractivity contribution in [3.63, 3.8) is 0 Å². The van der Waals surface area contributed by atoms with Crippen LogP contribution in [-0.2, 0) is 6.54 Å². The highest BCUT2D eigenvalue weighted by atomic mass is 15.1. The molecule has 0 bridgehead atoms. The van der Waals surface area contributed by atoms with Crippen molar-refractivity contribution in [1.82, 2.24) is 4.90 Å². The molecule has 1 rings (SSSR count). The lowest BCUT2D eigenvalue weighted by Crippen LogP contribution is -2.27. The third-order valence-electron chi connectivity index (χ3n) is 2.82. The maximum Gasteiger partial charge on any atom is 0.0346 e. The summed E-state index contributed by atoms with van der Waals surface area (Å²) in [5.41, 5.74) is 9.29. The Morgan fingerprint density at radius 2 is 2.00 bits per heavy atom. The van der Waals surface area contributed by atoms with Crippen LogP contribution < -0.4 is 5.73 Å². The summed E-state index contributed by atoms with van der Waals surface area (Å²) in [6.45, 7) is 12.0. The molecule has 0 saturated heterocycles. The van der Waals surface area contributed by atoms with E-state index in [2.05, 4.69) is 43.9 Å². The third kappa shape index (κ3) is 3.86. The molecular formula is C14H24N2. The Bertz CT molecular complexity index is 332. The van der Waals surface area contributed by atoms with Crippen LogP contribution in [0.2, 0.25) is 0 Å². The lowest BCUT2D eigenvalue weighted by atomic mass is 10.1. The highest BCUT2D eigenvalue weighted by Crippen LogP contribution is 2.15. The topological polar surface area (TPSA) is 29.3 Å². The number of nitrogens with two attached hydrogens (primary N) is 1. The van der Waals surface area contributed by atoms with E-state index in [9.17, 15) is 0 Å². The second kappa shape index (κ2) is 5.90. The summed E-state index contributed by atoms with van der Waals surface area (Å²) in [5, 5.41) is 0.